The second-order valence-electron chi connectivity index (χ2n) is 7.73. The lowest BCUT2D eigenvalue weighted by Crippen LogP contribution is -2.47. The Labute approximate surface area is 161 Å². The summed E-state index contributed by atoms with van der Waals surface area (Å²) in [7, 11) is -0.323. The van der Waals surface area contributed by atoms with Crippen LogP contribution < -0.4 is 15.9 Å². The molecule has 1 unspecified atom stereocenters. The molecule has 150 valence electrons. The molecule has 0 heterocycles. The Morgan fingerprint density at radius 3 is 2.00 bits per heavy atom. The maximum Gasteiger partial charge on any atom is 0.414 e. The molecule has 1 aromatic carbocycles. The van der Waals surface area contributed by atoms with E-state index in [4.69, 9.17) is 9.47 Å². The van der Waals surface area contributed by atoms with Crippen molar-refractivity contribution in [2.75, 3.05) is 0 Å². The third kappa shape index (κ3) is 10.5. The van der Waals surface area contributed by atoms with Crippen LogP contribution in [0.5, 0.6) is 0 Å². The van der Waals surface area contributed by atoms with E-state index in [-0.39, 0.29) is 21.3 Å². The third-order valence-electron chi connectivity index (χ3n) is 2.71. The summed E-state index contributed by atoms with van der Waals surface area (Å²) >= 11 is 0. The molecule has 1 rings (SSSR count). The van der Waals surface area contributed by atoms with Crippen molar-refractivity contribution in [3.8, 4) is 0 Å². The summed E-state index contributed by atoms with van der Waals surface area (Å²) in [4.78, 5) is 37.5. The molecule has 8 nitrogen and oxygen atoms in total. The van der Waals surface area contributed by atoms with Gasteiger partial charge in [-0.15, -0.1) is 0 Å². The number of aliphatic imine (C=N–C) groups is 1. The van der Waals surface area contributed by atoms with Gasteiger partial charge in [-0.1, -0.05) is 18.2 Å². The third-order valence-corrected chi connectivity index (χ3v) is 3.28. The van der Waals surface area contributed by atoms with Crippen LogP contribution in [0.1, 0.15) is 47.1 Å². The zero-order valence-electron chi connectivity index (χ0n) is 16.5. The Balaban J connectivity index is 2.90. The number of alkyl carbamates (subject to hydrolysis) is 2. The van der Waals surface area contributed by atoms with Crippen LogP contribution in [0.15, 0.2) is 29.3 Å². The summed E-state index contributed by atoms with van der Waals surface area (Å²) < 4.78 is 10.4. The molecule has 0 fully saturated rings. The van der Waals surface area contributed by atoms with Crippen molar-refractivity contribution in [2.24, 2.45) is 4.99 Å². The fourth-order valence-electron chi connectivity index (χ4n) is 1.82. The molecule has 0 aliphatic rings. The molecule has 0 spiro atoms. The smallest absolute Gasteiger partial charge is 0.414 e. The summed E-state index contributed by atoms with van der Waals surface area (Å²) in [6.07, 6.45) is -1.49. The maximum absolute atomic E-state index is 12.0. The minimum atomic E-state index is -0.747. The van der Waals surface area contributed by atoms with E-state index in [9.17, 15) is 14.5 Å². The summed E-state index contributed by atoms with van der Waals surface area (Å²) in [5.74, 6) is -0.0876. The zero-order valence-corrected chi connectivity index (χ0v) is 17.5. The predicted molar refractivity (Wildman–Crippen MR) is 106 cm³/mol. The minimum Gasteiger partial charge on any atom is -0.444 e. The number of ether oxygens (including phenoxy) is 2. The van der Waals surface area contributed by atoms with Gasteiger partial charge in [-0.2, -0.15) is 0 Å². The molecule has 0 saturated heterocycles. The predicted octanol–water partition coefficient (Wildman–Crippen LogP) is 2.80. The first-order valence-electron chi connectivity index (χ1n) is 8.41. The van der Waals surface area contributed by atoms with E-state index in [0.29, 0.717) is 0 Å². The fourth-order valence-corrected chi connectivity index (χ4v) is 2.24. The highest BCUT2D eigenvalue weighted by atomic mass is 31.1. The average molecular weight is 397 g/mol. The van der Waals surface area contributed by atoms with Crippen molar-refractivity contribution >= 4 is 32.3 Å². The molecule has 2 amide bonds. The molecule has 0 saturated carbocycles. The van der Waals surface area contributed by atoms with Crippen LogP contribution in [0.2, 0.25) is 0 Å². The Morgan fingerprint density at radius 1 is 1.04 bits per heavy atom. The van der Waals surface area contributed by atoms with Crippen LogP contribution in [0.3, 0.4) is 0 Å². The van der Waals surface area contributed by atoms with Gasteiger partial charge in [-0.3, -0.25) is 10.6 Å². The molecular formula is C18H28N3O5P. The van der Waals surface area contributed by atoms with E-state index in [1.807, 2.05) is 6.07 Å². The second kappa shape index (κ2) is 9.67. The molecular weight excluding hydrogens is 369 g/mol. The number of hydrogen-bond donors (Lipinski definition) is 3. The van der Waals surface area contributed by atoms with Gasteiger partial charge in [0.2, 0.25) is 5.96 Å². The first kappa shape index (κ1) is 22.9. The number of rotatable bonds is 3. The van der Waals surface area contributed by atoms with E-state index in [1.54, 1.807) is 59.7 Å². The van der Waals surface area contributed by atoms with Crippen molar-refractivity contribution < 1.29 is 24.0 Å². The van der Waals surface area contributed by atoms with Gasteiger partial charge in [0.1, 0.15) is 11.2 Å². The van der Waals surface area contributed by atoms with Crippen LogP contribution in [-0.4, -0.2) is 34.2 Å². The fraction of sp³-hybridized carbons (Fsp3) is 0.500. The lowest BCUT2D eigenvalue weighted by molar-refractivity contribution is 0.0545. The van der Waals surface area contributed by atoms with Gasteiger partial charge in [0, 0.05) is 8.81 Å². The van der Waals surface area contributed by atoms with Gasteiger partial charge in [-0.05, 0) is 58.5 Å². The highest BCUT2D eigenvalue weighted by molar-refractivity contribution is 7.40. The molecule has 27 heavy (non-hydrogen) atoms. The standard InChI is InChI=1S/C18H28N3O5P/c1-17(2,3)25-15(22)20-14(21-16(23)26-18(4,5)6)19-11-12-8-7-9-13(10-12)27-24/h7-10,24,27H,11H2,1-6H3,(H2,19,20,21,22,23). The molecule has 1 atom stereocenters. The van der Waals surface area contributed by atoms with Crippen LogP contribution in [0.25, 0.3) is 0 Å². The maximum atomic E-state index is 12.0. The number of amides is 2. The molecule has 0 bridgehead atoms. The van der Waals surface area contributed by atoms with Crippen LogP contribution in [-0.2, 0) is 16.0 Å². The van der Waals surface area contributed by atoms with Crippen molar-refractivity contribution in [3.63, 3.8) is 0 Å². The Morgan fingerprint density at radius 2 is 1.56 bits per heavy atom. The van der Waals surface area contributed by atoms with Crippen molar-refractivity contribution in [1.29, 1.82) is 0 Å². The van der Waals surface area contributed by atoms with Crippen molar-refractivity contribution in [1.82, 2.24) is 10.6 Å². The zero-order chi connectivity index (χ0) is 20.7. The quantitative estimate of drug-likeness (QED) is 0.413. The number of nitrogens with zero attached hydrogens (tertiary/aromatic N) is 1. The SMILES string of the molecule is CC(C)(C)OC(=O)NC(=NCc1cccc(PO)c1)NC(=O)OC(C)(C)C. The summed E-state index contributed by atoms with van der Waals surface area (Å²) in [5, 5.41) is 5.60. The molecule has 0 aliphatic carbocycles. The van der Waals surface area contributed by atoms with Crippen molar-refractivity contribution in [2.45, 2.75) is 59.3 Å². The van der Waals surface area contributed by atoms with E-state index in [0.717, 1.165) is 10.9 Å². The van der Waals surface area contributed by atoms with Gasteiger partial charge in [0.25, 0.3) is 0 Å². The van der Waals surface area contributed by atoms with Gasteiger partial charge in [-0.25, -0.2) is 14.6 Å². The Kier molecular flexibility index (Phi) is 8.19. The van der Waals surface area contributed by atoms with Gasteiger partial charge in [0.15, 0.2) is 0 Å². The van der Waals surface area contributed by atoms with Crippen LogP contribution in [0, 0.1) is 0 Å². The van der Waals surface area contributed by atoms with Crippen LogP contribution in [0.4, 0.5) is 9.59 Å². The first-order chi connectivity index (χ1) is 12.4. The van der Waals surface area contributed by atoms with Crippen molar-refractivity contribution in [3.05, 3.63) is 29.8 Å². The molecule has 1 aromatic rings. The van der Waals surface area contributed by atoms with Gasteiger partial charge >= 0.3 is 12.2 Å². The number of benzene rings is 1. The van der Waals surface area contributed by atoms with E-state index in [2.05, 4.69) is 15.6 Å². The highest BCUT2D eigenvalue weighted by Crippen LogP contribution is 2.09. The van der Waals surface area contributed by atoms with Gasteiger partial charge < -0.3 is 14.4 Å². The first-order valence-corrected chi connectivity index (χ1v) is 9.36. The topological polar surface area (TPSA) is 109 Å². The molecule has 0 aliphatic heterocycles. The number of hydrogen-bond acceptors (Lipinski definition) is 6. The van der Waals surface area contributed by atoms with Crippen LogP contribution >= 0.6 is 8.81 Å². The summed E-state index contributed by atoms with van der Waals surface area (Å²) in [5.41, 5.74) is -0.585. The monoisotopic (exact) mass is 397 g/mol. The highest BCUT2D eigenvalue weighted by Gasteiger charge is 2.21. The summed E-state index contributed by atoms with van der Waals surface area (Å²) in [6.45, 7) is 10.5. The average Bonchev–Trinajstić information content (AvgIpc) is 2.49. The lowest BCUT2D eigenvalue weighted by Gasteiger charge is -2.22. The molecule has 9 heteroatoms. The number of carbonyl (C=O) groups excluding carboxylic acids is 2. The molecule has 0 aromatic heterocycles. The van der Waals surface area contributed by atoms with E-state index in [1.165, 1.54) is 0 Å². The van der Waals surface area contributed by atoms with Gasteiger partial charge in [0.05, 0.1) is 6.54 Å². The minimum absolute atomic E-state index is 0.0876. The number of carbonyl (C=O) groups is 2. The van der Waals surface area contributed by atoms with E-state index < -0.39 is 23.4 Å². The Hall–Kier alpha value is -2.18. The normalized spacial score (nSPS) is 11.8. The van der Waals surface area contributed by atoms with E-state index >= 15 is 0 Å². The lowest BCUT2D eigenvalue weighted by atomic mass is 10.2. The number of nitrogens with one attached hydrogen (secondary N) is 2. The number of guanidine groups is 1. The molecule has 3 N–H and O–H groups in total. The molecule has 0 radical (unpaired) electrons. The summed E-state index contributed by atoms with van der Waals surface area (Å²) in [6, 6.07) is 7.21. The second-order valence-corrected chi connectivity index (χ2v) is 8.53. The Bertz CT molecular complexity index is 661. The largest absolute Gasteiger partial charge is 0.444 e.